The number of hydrogen-bond donors (Lipinski definition) is 3. The van der Waals surface area contributed by atoms with Gasteiger partial charge in [0.25, 0.3) is 0 Å². The maximum Gasteiger partial charge on any atom is 0.408 e. The minimum absolute atomic E-state index is 0.0159. The minimum atomic E-state index is -3.82. The zero-order valence-electron chi connectivity index (χ0n) is 16.1. The Balaban J connectivity index is 1.92. The van der Waals surface area contributed by atoms with Gasteiger partial charge in [-0.05, 0) is 30.4 Å². The number of carbonyl (C=O) groups excluding carboxylic acids is 1. The molecule has 0 saturated heterocycles. The van der Waals surface area contributed by atoms with Gasteiger partial charge < -0.3 is 20.1 Å². The minimum Gasteiger partial charge on any atom is -0.481 e. The van der Waals surface area contributed by atoms with E-state index in [1.165, 1.54) is 0 Å². The highest BCUT2D eigenvalue weighted by Crippen LogP contribution is 2.47. The molecule has 2 aromatic rings. The van der Waals surface area contributed by atoms with Crippen LogP contribution in [0, 0.1) is 0 Å². The topological polar surface area (TPSA) is 113 Å². The van der Waals surface area contributed by atoms with Gasteiger partial charge in [0.1, 0.15) is 12.4 Å². The van der Waals surface area contributed by atoms with Crippen molar-refractivity contribution >= 4 is 19.4 Å². The number of carbonyl (C=O) groups is 2. The molecule has 7 nitrogen and oxygen atoms in total. The number of ether oxygens (including phenoxy) is 1. The van der Waals surface area contributed by atoms with E-state index in [1.54, 1.807) is 24.3 Å². The summed E-state index contributed by atoms with van der Waals surface area (Å²) in [5, 5.41) is 11.3. The standard InChI is InChI=1S/C21H26NO6P/c23-20(24)14-13-19(22-21(25)28-16-18-10-5-2-6-11-18)29(26,27)15-7-12-17-8-3-1-4-9-17/h1-6,8-11,19H,7,12-16H2,(H,22,25)(H,23,24)(H,26,27). The maximum absolute atomic E-state index is 12.8. The van der Waals surface area contributed by atoms with E-state index in [-0.39, 0.29) is 25.6 Å². The number of alkyl carbamates (subject to hydrolysis) is 1. The summed E-state index contributed by atoms with van der Waals surface area (Å²) in [7, 11) is -3.82. The molecular weight excluding hydrogens is 393 g/mol. The molecule has 29 heavy (non-hydrogen) atoms. The molecule has 0 radical (unpaired) electrons. The van der Waals surface area contributed by atoms with E-state index in [9.17, 15) is 19.0 Å². The lowest BCUT2D eigenvalue weighted by Gasteiger charge is -2.23. The molecule has 2 aromatic carbocycles. The fourth-order valence-electron chi connectivity index (χ4n) is 2.85. The van der Waals surface area contributed by atoms with E-state index in [4.69, 9.17) is 9.84 Å². The Morgan fingerprint density at radius 1 is 1.00 bits per heavy atom. The zero-order valence-corrected chi connectivity index (χ0v) is 17.0. The molecule has 8 heteroatoms. The van der Waals surface area contributed by atoms with Crippen LogP contribution in [0.1, 0.15) is 30.4 Å². The quantitative estimate of drug-likeness (QED) is 0.475. The third-order valence-electron chi connectivity index (χ3n) is 4.40. The molecule has 2 atom stereocenters. The van der Waals surface area contributed by atoms with Crippen molar-refractivity contribution in [3.63, 3.8) is 0 Å². The van der Waals surface area contributed by atoms with Crippen molar-refractivity contribution in [2.45, 2.75) is 38.1 Å². The molecule has 0 fully saturated rings. The van der Waals surface area contributed by atoms with Gasteiger partial charge in [0.2, 0.25) is 7.37 Å². The van der Waals surface area contributed by atoms with E-state index in [0.717, 1.165) is 11.1 Å². The molecular formula is C21H26NO6P. The number of carboxylic acids is 1. The highest BCUT2D eigenvalue weighted by molar-refractivity contribution is 7.58. The van der Waals surface area contributed by atoms with Crippen molar-refractivity contribution in [3.05, 3.63) is 71.8 Å². The van der Waals surface area contributed by atoms with Crippen molar-refractivity contribution < 1.29 is 28.9 Å². The molecule has 0 bridgehead atoms. The molecule has 0 aromatic heterocycles. The normalized spacial score (nSPS) is 13.8. The lowest BCUT2D eigenvalue weighted by Crippen LogP contribution is -2.36. The highest BCUT2D eigenvalue weighted by atomic mass is 31.2. The monoisotopic (exact) mass is 419 g/mol. The van der Waals surface area contributed by atoms with Crippen molar-refractivity contribution in [2.75, 3.05) is 6.16 Å². The van der Waals surface area contributed by atoms with Gasteiger partial charge in [-0.25, -0.2) is 4.79 Å². The molecule has 0 saturated carbocycles. The van der Waals surface area contributed by atoms with Crippen LogP contribution in [0.3, 0.4) is 0 Å². The van der Waals surface area contributed by atoms with E-state index < -0.39 is 25.2 Å². The third-order valence-corrected chi connectivity index (χ3v) is 6.72. The van der Waals surface area contributed by atoms with E-state index in [0.29, 0.717) is 12.8 Å². The Bertz CT molecular complexity index is 828. The number of hydrogen-bond acceptors (Lipinski definition) is 4. The highest BCUT2D eigenvalue weighted by Gasteiger charge is 2.32. The molecule has 2 rings (SSSR count). The largest absolute Gasteiger partial charge is 0.481 e. The number of aliphatic carboxylic acids is 1. The summed E-state index contributed by atoms with van der Waals surface area (Å²) in [5.74, 6) is -2.27. The van der Waals surface area contributed by atoms with Crippen molar-refractivity contribution in [2.24, 2.45) is 0 Å². The van der Waals surface area contributed by atoms with Gasteiger partial charge in [-0.3, -0.25) is 9.36 Å². The second-order valence-electron chi connectivity index (χ2n) is 6.72. The predicted octanol–water partition coefficient (Wildman–Crippen LogP) is 4.01. The molecule has 2 unspecified atom stereocenters. The smallest absolute Gasteiger partial charge is 0.408 e. The van der Waals surface area contributed by atoms with Crippen LogP contribution in [0.5, 0.6) is 0 Å². The van der Waals surface area contributed by atoms with Crippen LogP contribution in [0.4, 0.5) is 4.79 Å². The fourth-order valence-corrected chi connectivity index (χ4v) is 4.61. The average Bonchev–Trinajstić information content (AvgIpc) is 2.70. The summed E-state index contributed by atoms with van der Waals surface area (Å²) < 4.78 is 17.9. The molecule has 156 valence electrons. The van der Waals surface area contributed by atoms with Crippen LogP contribution in [-0.4, -0.2) is 34.0 Å². The Labute approximate surface area is 170 Å². The summed E-state index contributed by atoms with van der Waals surface area (Å²) in [6, 6.07) is 18.6. The Morgan fingerprint density at radius 3 is 2.17 bits per heavy atom. The number of benzene rings is 2. The second kappa shape index (κ2) is 11.4. The molecule has 3 N–H and O–H groups in total. The van der Waals surface area contributed by atoms with Crippen LogP contribution in [0.15, 0.2) is 60.7 Å². The van der Waals surface area contributed by atoms with Crippen LogP contribution >= 0.6 is 7.37 Å². The van der Waals surface area contributed by atoms with Gasteiger partial charge in [0.15, 0.2) is 0 Å². The van der Waals surface area contributed by atoms with E-state index >= 15 is 0 Å². The van der Waals surface area contributed by atoms with Crippen molar-refractivity contribution in [1.82, 2.24) is 5.32 Å². The van der Waals surface area contributed by atoms with Gasteiger partial charge in [-0.1, -0.05) is 60.7 Å². The first-order valence-corrected chi connectivity index (χ1v) is 11.3. The predicted molar refractivity (Wildman–Crippen MR) is 110 cm³/mol. The molecule has 0 spiro atoms. The third kappa shape index (κ3) is 8.50. The lowest BCUT2D eigenvalue weighted by molar-refractivity contribution is -0.137. The van der Waals surface area contributed by atoms with Crippen molar-refractivity contribution in [3.8, 4) is 0 Å². The van der Waals surface area contributed by atoms with E-state index in [1.807, 2.05) is 36.4 Å². The number of nitrogens with one attached hydrogen (secondary N) is 1. The summed E-state index contributed by atoms with van der Waals surface area (Å²) in [5.41, 5.74) is 1.82. The Morgan fingerprint density at radius 2 is 1.59 bits per heavy atom. The summed E-state index contributed by atoms with van der Waals surface area (Å²) in [6.45, 7) is 0.0159. The zero-order chi connectivity index (χ0) is 21.1. The van der Waals surface area contributed by atoms with Gasteiger partial charge in [0, 0.05) is 12.6 Å². The van der Waals surface area contributed by atoms with Gasteiger partial charge >= 0.3 is 12.1 Å². The van der Waals surface area contributed by atoms with Crippen LogP contribution < -0.4 is 5.32 Å². The van der Waals surface area contributed by atoms with Gasteiger partial charge in [-0.2, -0.15) is 0 Å². The molecule has 0 aliphatic heterocycles. The van der Waals surface area contributed by atoms with Gasteiger partial charge in [0.05, 0.1) is 0 Å². The maximum atomic E-state index is 12.8. The van der Waals surface area contributed by atoms with E-state index in [2.05, 4.69) is 5.32 Å². The SMILES string of the molecule is O=C(O)CCC(NC(=O)OCc1ccccc1)P(=O)(O)CCCc1ccccc1. The first-order valence-electron chi connectivity index (χ1n) is 9.41. The summed E-state index contributed by atoms with van der Waals surface area (Å²) >= 11 is 0. The van der Waals surface area contributed by atoms with Crippen LogP contribution in [0.2, 0.25) is 0 Å². The molecule has 0 aliphatic rings. The fraction of sp³-hybridized carbons (Fsp3) is 0.333. The van der Waals surface area contributed by atoms with Crippen molar-refractivity contribution in [1.29, 1.82) is 0 Å². The summed E-state index contributed by atoms with van der Waals surface area (Å²) in [4.78, 5) is 33.5. The van der Waals surface area contributed by atoms with Crippen LogP contribution in [0.25, 0.3) is 0 Å². The lowest BCUT2D eigenvalue weighted by atomic mass is 10.1. The number of amides is 1. The Hall–Kier alpha value is -2.63. The Kier molecular flexibility index (Phi) is 8.90. The van der Waals surface area contributed by atoms with Gasteiger partial charge in [-0.15, -0.1) is 0 Å². The summed E-state index contributed by atoms with van der Waals surface area (Å²) in [6.07, 6.45) is -0.272. The molecule has 0 aliphatic carbocycles. The first kappa shape index (κ1) is 22.7. The number of aryl methyl sites for hydroxylation is 1. The average molecular weight is 419 g/mol. The molecule has 1 amide bonds. The number of carboxylic acid groups (broad SMARTS) is 1. The number of rotatable bonds is 11. The first-order chi connectivity index (χ1) is 13.9. The molecule has 0 heterocycles. The second-order valence-corrected chi connectivity index (χ2v) is 9.30. The van der Waals surface area contributed by atoms with Crippen LogP contribution in [-0.2, 0) is 27.1 Å².